The van der Waals surface area contributed by atoms with E-state index in [1.165, 1.54) is 6.07 Å². The van der Waals surface area contributed by atoms with E-state index in [2.05, 4.69) is 4.98 Å². The van der Waals surface area contributed by atoms with Gasteiger partial charge in [-0.1, -0.05) is 24.3 Å². The van der Waals surface area contributed by atoms with Gasteiger partial charge in [0.15, 0.2) is 0 Å². The van der Waals surface area contributed by atoms with E-state index in [1.54, 1.807) is 25.1 Å². The van der Waals surface area contributed by atoms with Gasteiger partial charge in [0.05, 0.1) is 5.56 Å². The van der Waals surface area contributed by atoms with E-state index < -0.39 is 11.7 Å². The Morgan fingerprint density at radius 3 is 2.27 bits per heavy atom. The second kappa shape index (κ2) is 3.22. The smallest absolute Gasteiger partial charge is 0.260 e. The van der Waals surface area contributed by atoms with E-state index in [1.807, 2.05) is 0 Å². The zero-order chi connectivity index (χ0) is 11.1. The van der Waals surface area contributed by atoms with Gasteiger partial charge in [0.2, 0.25) is 0 Å². The van der Waals surface area contributed by atoms with Crippen molar-refractivity contribution < 1.29 is 13.2 Å². The van der Waals surface area contributed by atoms with Crippen LogP contribution in [0.15, 0.2) is 30.5 Å². The van der Waals surface area contributed by atoms with Crippen molar-refractivity contribution in [2.75, 3.05) is 0 Å². The molecule has 1 nitrogen and oxygen atoms in total. The Balaban J connectivity index is 2.84. The molecule has 0 unspecified atom stereocenters. The van der Waals surface area contributed by atoms with Gasteiger partial charge >= 0.3 is 6.18 Å². The molecular formula is C11H8F3N. The van der Waals surface area contributed by atoms with Crippen LogP contribution in [-0.2, 0) is 6.18 Å². The molecule has 0 bridgehead atoms. The molecule has 0 radical (unpaired) electrons. The van der Waals surface area contributed by atoms with Crippen molar-refractivity contribution in [2.24, 2.45) is 0 Å². The lowest BCUT2D eigenvalue weighted by Gasteiger charge is -2.10. The number of alkyl halides is 3. The third-order valence-corrected chi connectivity index (χ3v) is 2.30. The predicted octanol–water partition coefficient (Wildman–Crippen LogP) is 3.56. The predicted molar refractivity (Wildman–Crippen MR) is 51.5 cm³/mol. The molecule has 0 amide bonds. The average molecular weight is 211 g/mol. The molecule has 0 saturated carbocycles. The van der Waals surface area contributed by atoms with Crippen molar-refractivity contribution in [2.45, 2.75) is 13.1 Å². The number of hydrogen-bond acceptors (Lipinski definition) is 1. The first-order chi connectivity index (χ1) is 7.00. The molecule has 2 rings (SSSR count). The van der Waals surface area contributed by atoms with Gasteiger partial charge in [0, 0.05) is 17.3 Å². The molecule has 0 atom stereocenters. The zero-order valence-corrected chi connectivity index (χ0v) is 7.97. The lowest BCUT2D eigenvalue weighted by Crippen LogP contribution is -2.07. The largest absolute Gasteiger partial charge is 0.418 e. The van der Waals surface area contributed by atoms with Gasteiger partial charge in [0.25, 0.3) is 0 Å². The molecule has 2 aromatic rings. The number of halogens is 3. The molecule has 1 heterocycles. The number of benzene rings is 1. The van der Waals surface area contributed by atoms with Crippen molar-refractivity contribution in [1.29, 1.82) is 0 Å². The molecule has 1 aromatic heterocycles. The third kappa shape index (κ3) is 1.67. The molecular weight excluding hydrogens is 203 g/mol. The number of aromatic nitrogens is 1. The second-order valence-corrected chi connectivity index (χ2v) is 3.30. The van der Waals surface area contributed by atoms with Crippen LogP contribution in [0.25, 0.3) is 10.8 Å². The monoisotopic (exact) mass is 211 g/mol. The molecule has 0 fully saturated rings. The van der Waals surface area contributed by atoms with Gasteiger partial charge < -0.3 is 0 Å². The maximum atomic E-state index is 12.6. The molecule has 0 saturated heterocycles. The summed E-state index contributed by atoms with van der Waals surface area (Å²) in [6, 6.07) is 6.41. The van der Waals surface area contributed by atoms with Crippen LogP contribution in [0.3, 0.4) is 0 Å². The third-order valence-electron chi connectivity index (χ3n) is 2.30. The molecule has 0 N–H and O–H groups in total. The van der Waals surface area contributed by atoms with E-state index in [-0.39, 0.29) is 5.39 Å². The number of rotatable bonds is 0. The Morgan fingerprint density at radius 2 is 1.67 bits per heavy atom. The van der Waals surface area contributed by atoms with Crippen LogP contribution in [0.4, 0.5) is 13.2 Å². The van der Waals surface area contributed by atoms with Crippen LogP contribution >= 0.6 is 0 Å². The normalized spacial score (nSPS) is 12.0. The summed E-state index contributed by atoms with van der Waals surface area (Å²) in [6.45, 7) is 1.70. The molecule has 0 aliphatic heterocycles. The molecule has 15 heavy (non-hydrogen) atoms. The van der Waals surface area contributed by atoms with Gasteiger partial charge in [-0.2, -0.15) is 13.2 Å². The SMILES string of the molecule is Cc1ncc(C(F)(F)F)c2ccccc12. The van der Waals surface area contributed by atoms with E-state index >= 15 is 0 Å². The quantitative estimate of drug-likeness (QED) is 0.649. The van der Waals surface area contributed by atoms with Crippen LogP contribution in [0.1, 0.15) is 11.3 Å². The molecule has 0 aliphatic carbocycles. The fourth-order valence-corrected chi connectivity index (χ4v) is 1.56. The standard InChI is InChI=1S/C11H8F3N/c1-7-8-4-2-3-5-9(8)10(6-15-7)11(12,13)14/h2-6H,1H3. The first-order valence-electron chi connectivity index (χ1n) is 4.41. The van der Waals surface area contributed by atoms with Gasteiger partial charge in [-0.25, -0.2) is 0 Å². The first-order valence-corrected chi connectivity index (χ1v) is 4.41. The summed E-state index contributed by atoms with van der Waals surface area (Å²) in [5.41, 5.74) is -0.0673. The highest BCUT2D eigenvalue weighted by Gasteiger charge is 2.33. The maximum Gasteiger partial charge on any atom is 0.418 e. The summed E-state index contributed by atoms with van der Waals surface area (Å²) in [5, 5.41) is 0.754. The number of fused-ring (bicyclic) bond motifs is 1. The van der Waals surface area contributed by atoms with Gasteiger partial charge in [-0.05, 0) is 12.3 Å². The van der Waals surface area contributed by atoms with Crippen molar-refractivity contribution in [3.05, 3.63) is 41.7 Å². The first kappa shape index (κ1) is 9.96. The second-order valence-electron chi connectivity index (χ2n) is 3.30. The van der Waals surface area contributed by atoms with Gasteiger partial charge in [-0.3, -0.25) is 4.98 Å². The topological polar surface area (TPSA) is 12.9 Å². The zero-order valence-electron chi connectivity index (χ0n) is 7.97. The minimum atomic E-state index is -4.35. The Kier molecular flexibility index (Phi) is 2.14. The molecule has 1 aromatic carbocycles. The van der Waals surface area contributed by atoms with Crippen molar-refractivity contribution in [3.8, 4) is 0 Å². The van der Waals surface area contributed by atoms with Crippen LogP contribution in [0.2, 0.25) is 0 Å². The van der Waals surface area contributed by atoms with Crippen LogP contribution in [0.5, 0.6) is 0 Å². The number of hydrogen-bond donors (Lipinski definition) is 0. The van der Waals surface area contributed by atoms with E-state index in [0.29, 0.717) is 11.1 Å². The maximum absolute atomic E-state index is 12.6. The fourth-order valence-electron chi connectivity index (χ4n) is 1.56. The highest BCUT2D eigenvalue weighted by molar-refractivity contribution is 5.87. The Morgan fingerprint density at radius 1 is 1.07 bits per heavy atom. The highest BCUT2D eigenvalue weighted by atomic mass is 19.4. The van der Waals surface area contributed by atoms with Crippen LogP contribution in [0, 0.1) is 6.92 Å². The van der Waals surface area contributed by atoms with E-state index in [0.717, 1.165) is 6.20 Å². The minimum Gasteiger partial charge on any atom is -0.260 e. The Bertz CT molecular complexity index is 503. The molecule has 0 spiro atoms. The van der Waals surface area contributed by atoms with Crippen molar-refractivity contribution in [1.82, 2.24) is 4.98 Å². The summed E-state index contributed by atoms with van der Waals surface area (Å²) in [7, 11) is 0. The number of nitrogens with zero attached hydrogens (tertiary/aromatic N) is 1. The highest BCUT2D eigenvalue weighted by Crippen LogP contribution is 2.34. The summed E-state index contributed by atoms with van der Waals surface area (Å²) < 4.78 is 37.8. The van der Waals surface area contributed by atoms with E-state index in [9.17, 15) is 13.2 Å². The van der Waals surface area contributed by atoms with E-state index in [4.69, 9.17) is 0 Å². The number of pyridine rings is 1. The van der Waals surface area contributed by atoms with Crippen molar-refractivity contribution >= 4 is 10.8 Å². The Labute approximate surface area is 84.6 Å². The summed E-state index contributed by atoms with van der Waals surface area (Å²) >= 11 is 0. The fraction of sp³-hybridized carbons (Fsp3) is 0.182. The lowest BCUT2D eigenvalue weighted by molar-refractivity contribution is -0.136. The summed E-state index contributed by atoms with van der Waals surface area (Å²) in [4.78, 5) is 3.75. The van der Waals surface area contributed by atoms with Gasteiger partial charge in [0.1, 0.15) is 0 Å². The molecule has 4 heteroatoms. The lowest BCUT2D eigenvalue weighted by atomic mass is 10.1. The van der Waals surface area contributed by atoms with Gasteiger partial charge in [-0.15, -0.1) is 0 Å². The van der Waals surface area contributed by atoms with Crippen LogP contribution < -0.4 is 0 Å². The van der Waals surface area contributed by atoms with Crippen molar-refractivity contribution in [3.63, 3.8) is 0 Å². The van der Waals surface area contributed by atoms with Crippen LogP contribution in [-0.4, -0.2) is 4.98 Å². The Hall–Kier alpha value is -1.58. The number of aryl methyl sites for hydroxylation is 1. The minimum absolute atomic E-state index is 0.206. The summed E-state index contributed by atoms with van der Waals surface area (Å²) in [6.07, 6.45) is -3.46. The molecule has 78 valence electrons. The average Bonchev–Trinajstić information content (AvgIpc) is 2.17. The summed E-state index contributed by atoms with van der Waals surface area (Å²) in [5.74, 6) is 0. The molecule has 0 aliphatic rings.